The van der Waals surface area contributed by atoms with Crippen LogP contribution in [0.2, 0.25) is 5.02 Å². The number of carbonyl (C=O) groups excluding carboxylic acids is 1. The monoisotopic (exact) mass is 419 g/mol. The van der Waals surface area contributed by atoms with Gasteiger partial charge in [-0.15, -0.1) is 0 Å². The summed E-state index contributed by atoms with van der Waals surface area (Å²) in [4.78, 5) is 13.0. The number of amides is 1. The molecule has 2 heterocycles. The summed E-state index contributed by atoms with van der Waals surface area (Å²) in [7, 11) is -3.90. The van der Waals surface area contributed by atoms with Gasteiger partial charge in [-0.05, 0) is 48.7 Å². The lowest BCUT2D eigenvalue weighted by Gasteiger charge is -2.46. The number of hydrogen-bond acceptors (Lipinski definition) is 4. The number of nitrogens with one attached hydrogen (secondary N) is 1. The van der Waals surface area contributed by atoms with Crippen LogP contribution in [0.4, 0.5) is 0 Å². The van der Waals surface area contributed by atoms with Crippen LogP contribution in [0, 0.1) is 0 Å². The van der Waals surface area contributed by atoms with Gasteiger partial charge in [-0.25, -0.2) is 8.42 Å². The predicted molar refractivity (Wildman–Crippen MR) is 107 cm³/mol. The topological polar surface area (TPSA) is 72.5 Å². The first-order valence-electron chi connectivity index (χ1n) is 9.25. The van der Waals surface area contributed by atoms with Gasteiger partial charge in [-0.3, -0.25) is 4.79 Å². The molecule has 2 bridgehead atoms. The zero-order valence-electron chi connectivity index (χ0n) is 15.9. The highest BCUT2D eigenvalue weighted by molar-refractivity contribution is 7.92. The van der Waals surface area contributed by atoms with E-state index in [-0.39, 0.29) is 4.90 Å². The fourth-order valence-electron chi connectivity index (χ4n) is 4.12. The van der Waals surface area contributed by atoms with Gasteiger partial charge in [-0.1, -0.05) is 37.6 Å². The quantitative estimate of drug-likeness (QED) is 0.815. The van der Waals surface area contributed by atoms with Crippen molar-refractivity contribution in [2.24, 2.45) is 0 Å². The largest absolute Gasteiger partial charge is 0.468 e. The Kier molecular flexibility index (Phi) is 4.47. The maximum absolute atomic E-state index is 13.4. The first-order valence-corrected chi connectivity index (χ1v) is 11.2. The van der Waals surface area contributed by atoms with E-state index in [4.69, 9.17) is 16.3 Å². The first-order chi connectivity index (χ1) is 13.1. The number of fused-ring (bicyclic) bond motifs is 4. The average molecular weight is 420 g/mol. The minimum Gasteiger partial charge on any atom is -0.468 e. The Morgan fingerprint density at radius 1 is 1.18 bits per heavy atom. The molecule has 0 saturated carbocycles. The zero-order valence-corrected chi connectivity index (χ0v) is 17.5. The number of hydrogen-bond donors (Lipinski definition) is 1. The molecular formula is C21H22ClNO4S. The lowest BCUT2D eigenvalue weighted by Crippen LogP contribution is -2.63. The molecule has 0 aromatic heterocycles. The van der Waals surface area contributed by atoms with E-state index in [1.54, 1.807) is 49.4 Å². The van der Waals surface area contributed by atoms with Crippen molar-refractivity contribution in [2.75, 3.05) is 0 Å². The van der Waals surface area contributed by atoms with Crippen LogP contribution in [0.1, 0.15) is 50.2 Å². The van der Waals surface area contributed by atoms with E-state index in [9.17, 15) is 13.2 Å². The van der Waals surface area contributed by atoms with E-state index in [1.807, 2.05) is 13.8 Å². The molecule has 2 aliphatic rings. The molecule has 0 spiro atoms. The van der Waals surface area contributed by atoms with Crippen LogP contribution in [0.15, 0.2) is 47.4 Å². The summed E-state index contributed by atoms with van der Waals surface area (Å²) in [6, 6.07) is 11.9. The maximum atomic E-state index is 13.4. The molecule has 2 aromatic carbocycles. The minimum absolute atomic E-state index is 0.149. The Morgan fingerprint density at radius 3 is 2.50 bits per heavy atom. The van der Waals surface area contributed by atoms with Gasteiger partial charge in [0.25, 0.3) is 0 Å². The molecule has 4 rings (SSSR count). The predicted octanol–water partition coefficient (Wildman–Crippen LogP) is 4.02. The molecule has 28 heavy (non-hydrogen) atoms. The molecule has 148 valence electrons. The van der Waals surface area contributed by atoms with Crippen LogP contribution in [-0.4, -0.2) is 25.3 Å². The summed E-state index contributed by atoms with van der Waals surface area (Å²) < 4.78 is 32.8. The standard InChI is InChI=1S/C21H22ClNO4S/c1-12(2)13-4-7-15(8-5-13)28(25,26)19-17-11-21(3,23-20(19)24)27-18-9-6-14(22)10-16(17)18/h4-10,12,17,19H,11H2,1-3H3,(H,23,24). The molecule has 0 radical (unpaired) electrons. The van der Waals surface area contributed by atoms with Crippen molar-refractivity contribution in [2.45, 2.75) is 54.9 Å². The second-order valence-corrected chi connectivity index (χ2v) is 10.5. The summed E-state index contributed by atoms with van der Waals surface area (Å²) >= 11 is 6.14. The lowest BCUT2D eigenvalue weighted by atomic mass is 9.81. The Labute approximate surface area is 170 Å². The van der Waals surface area contributed by atoms with Crippen LogP contribution in [0.5, 0.6) is 5.75 Å². The number of ether oxygens (including phenoxy) is 1. The molecule has 1 amide bonds. The zero-order chi connectivity index (χ0) is 20.3. The number of benzene rings is 2. The number of halogens is 1. The first kappa shape index (κ1) is 19.3. The molecule has 2 aliphatic heterocycles. The van der Waals surface area contributed by atoms with Gasteiger partial charge < -0.3 is 10.1 Å². The van der Waals surface area contributed by atoms with E-state index in [0.29, 0.717) is 28.7 Å². The van der Waals surface area contributed by atoms with E-state index < -0.39 is 32.6 Å². The molecule has 1 saturated heterocycles. The van der Waals surface area contributed by atoms with Gasteiger partial charge in [0.2, 0.25) is 5.91 Å². The second kappa shape index (κ2) is 6.49. The minimum atomic E-state index is -3.90. The highest BCUT2D eigenvalue weighted by Gasteiger charge is 2.54. The van der Waals surface area contributed by atoms with Gasteiger partial charge in [0.05, 0.1) is 4.90 Å². The molecule has 7 heteroatoms. The smallest absolute Gasteiger partial charge is 0.242 e. The average Bonchev–Trinajstić information content (AvgIpc) is 2.61. The number of rotatable bonds is 3. The summed E-state index contributed by atoms with van der Waals surface area (Å²) in [5.41, 5.74) is 0.769. The molecule has 0 aliphatic carbocycles. The van der Waals surface area contributed by atoms with Crippen LogP contribution in [0.25, 0.3) is 0 Å². The highest BCUT2D eigenvalue weighted by atomic mass is 35.5. The molecular weight excluding hydrogens is 398 g/mol. The molecule has 3 atom stereocenters. The number of piperidine rings is 1. The Hall–Kier alpha value is -2.05. The van der Waals surface area contributed by atoms with E-state index in [0.717, 1.165) is 5.56 Å². The number of sulfone groups is 1. The van der Waals surface area contributed by atoms with Gasteiger partial charge in [-0.2, -0.15) is 0 Å². The molecule has 3 unspecified atom stereocenters. The van der Waals surface area contributed by atoms with E-state index in [1.165, 1.54) is 0 Å². The third-order valence-electron chi connectivity index (χ3n) is 5.54. The van der Waals surface area contributed by atoms with Crippen molar-refractivity contribution in [1.82, 2.24) is 5.32 Å². The summed E-state index contributed by atoms with van der Waals surface area (Å²) in [6.45, 7) is 5.85. The summed E-state index contributed by atoms with van der Waals surface area (Å²) in [5.74, 6) is -0.230. The van der Waals surface area contributed by atoms with Crippen LogP contribution in [0.3, 0.4) is 0 Å². The number of carbonyl (C=O) groups is 1. The van der Waals surface area contributed by atoms with Crippen molar-refractivity contribution in [1.29, 1.82) is 0 Å². The Balaban J connectivity index is 1.81. The molecule has 1 N–H and O–H groups in total. The van der Waals surface area contributed by atoms with Gasteiger partial charge in [0.15, 0.2) is 20.8 Å². The maximum Gasteiger partial charge on any atom is 0.242 e. The second-order valence-electron chi connectivity index (χ2n) is 8.00. The normalized spacial score (nSPS) is 26.4. The third-order valence-corrected chi connectivity index (χ3v) is 7.91. The highest BCUT2D eigenvalue weighted by Crippen LogP contribution is 2.47. The van der Waals surface area contributed by atoms with Crippen LogP contribution < -0.4 is 10.1 Å². The van der Waals surface area contributed by atoms with Crippen molar-refractivity contribution >= 4 is 27.3 Å². The SMILES string of the molecule is CC(C)c1ccc(S(=O)(=O)C2C(=O)NC3(C)CC2c2cc(Cl)ccc2O3)cc1. The van der Waals surface area contributed by atoms with Gasteiger partial charge in [0, 0.05) is 22.9 Å². The Morgan fingerprint density at radius 2 is 1.86 bits per heavy atom. The summed E-state index contributed by atoms with van der Waals surface area (Å²) in [6.07, 6.45) is 0.361. The van der Waals surface area contributed by atoms with Crippen molar-refractivity contribution in [3.63, 3.8) is 0 Å². The van der Waals surface area contributed by atoms with Gasteiger partial charge >= 0.3 is 0 Å². The summed E-state index contributed by atoms with van der Waals surface area (Å²) in [5, 5.41) is 2.01. The fourth-order valence-corrected chi connectivity index (χ4v) is 6.13. The van der Waals surface area contributed by atoms with Crippen molar-refractivity contribution in [3.05, 3.63) is 58.6 Å². The fraction of sp³-hybridized carbons (Fsp3) is 0.381. The molecule has 2 aromatic rings. The van der Waals surface area contributed by atoms with Crippen molar-refractivity contribution < 1.29 is 17.9 Å². The molecule has 5 nitrogen and oxygen atoms in total. The van der Waals surface area contributed by atoms with E-state index in [2.05, 4.69) is 5.32 Å². The molecule has 1 fully saturated rings. The van der Waals surface area contributed by atoms with Crippen molar-refractivity contribution in [3.8, 4) is 5.75 Å². The van der Waals surface area contributed by atoms with Gasteiger partial charge in [0.1, 0.15) is 5.75 Å². The van der Waals surface area contributed by atoms with E-state index >= 15 is 0 Å². The lowest BCUT2D eigenvalue weighted by molar-refractivity contribution is -0.132. The van der Waals surface area contributed by atoms with Crippen LogP contribution >= 0.6 is 11.6 Å². The van der Waals surface area contributed by atoms with Crippen LogP contribution in [-0.2, 0) is 14.6 Å². The Bertz CT molecular complexity index is 1050. The third kappa shape index (κ3) is 3.08.